The van der Waals surface area contributed by atoms with Gasteiger partial charge in [-0.3, -0.25) is 20.4 Å². The monoisotopic (exact) mass is 366 g/mol. The second-order valence-electron chi connectivity index (χ2n) is 4.23. The average Bonchev–Trinajstić information content (AvgIpc) is 2.52. The Morgan fingerprint density at radius 3 is 2.59 bits per heavy atom. The number of benzene rings is 2. The zero-order valence-corrected chi connectivity index (χ0v) is 12.9. The highest BCUT2D eigenvalue weighted by molar-refractivity contribution is 9.10. The van der Waals surface area contributed by atoms with Crippen molar-refractivity contribution in [2.75, 3.05) is 6.61 Å². The number of hydrogen-bond donors (Lipinski definition) is 2. The summed E-state index contributed by atoms with van der Waals surface area (Å²) in [6.07, 6.45) is 0. The number of hydrogen-bond acceptors (Lipinski definition) is 3. The molecular formula is C15H12BrFN2O3. The Balaban J connectivity index is 1.81. The standard InChI is InChI=1S/C15H12BrFN2O3/c16-11-5-3-4-10(8-11)15(21)19-18-14(20)9-22-13-7-2-1-6-12(13)17/h1-8H,9H2,(H,18,20)(H,19,21). The van der Waals surface area contributed by atoms with Gasteiger partial charge in [0.15, 0.2) is 18.2 Å². The summed E-state index contributed by atoms with van der Waals surface area (Å²) in [6.45, 7) is -0.417. The Kier molecular flexibility index (Phi) is 5.48. The zero-order chi connectivity index (χ0) is 15.9. The lowest BCUT2D eigenvalue weighted by Gasteiger charge is -2.09. The molecule has 0 aliphatic heterocycles. The normalized spacial score (nSPS) is 9.91. The highest BCUT2D eigenvalue weighted by Crippen LogP contribution is 2.14. The minimum absolute atomic E-state index is 0.0315. The molecule has 0 aromatic heterocycles. The molecule has 0 aliphatic carbocycles. The quantitative estimate of drug-likeness (QED) is 0.816. The van der Waals surface area contributed by atoms with Crippen molar-refractivity contribution < 1.29 is 18.7 Å². The third kappa shape index (κ3) is 4.56. The largest absolute Gasteiger partial charge is 0.481 e. The molecule has 2 N–H and O–H groups in total. The Labute approximate surface area is 134 Å². The van der Waals surface area contributed by atoms with Gasteiger partial charge in [0.1, 0.15) is 0 Å². The first-order chi connectivity index (χ1) is 10.6. The second-order valence-corrected chi connectivity index (χ2v) is 5.15. The van der Waals surface area contributed by atoms with Crippen LogP contribution in [0.5, 0.6) is 5.75 Å². The van der Waals surface area contributed by atoms with Crippen molar-refractivity contribution in [1.82, 2.24) is 10.9 Å². The number of rotatable bonds is 4. The lowest BCUT2D eigenvalue weighted by Crippen LogP contribution is -2.43. The van der Waals surface area contributed by atoms with Crippen LogP contribution in [0, 0.1) is 5.82 Å². The number of carbonyl (C=O) groups excluding carboxylic acids is 2. The minimum atomic E-state index is -0.605. The summed E-state index contributed by atoms with van der Waals surface area (Å²) in [5.41, 5.74) is 4.81. The molecule has 22 heavy (non-hydrogen) atoms. The van der Waals surface area contributed by atoms with Crippen molar-refractivity contribution in [2.45, 2.75) is 0 Å². The summed E-state index contributed by atoms with van der Waals surface area (Å²) in [5.74, 6) is -1.67. The zero-order valence-electron chi connectivity index (χ0n) is 11.3. The Morgan fingerprint density at radius 2 is 1.86 bits per heavy atom. The van der Waals surface area contributed by atoms with Gasteiger partial charge in [0.05, 0.1) is 0 Å². The molecule has 0 unspecified atom stereocenters. The lowest BCUT2D eigenvalue weighted by molar-refractivity contribution is -0.123. The molecule has 114 valence electrons. The number of amides is 2. The fourth-order valence-electron chi connectivity index (χ4n) is 1.57. The fourth-order valence-corrected chi connectivity index (χ4v) is 1.97. The van der Waals surface area contributed by atoms with Crippen molar-refractivity contribution in [3.63, 3.8) is 0 Å². The number of ether oxygens (including phenoxy) is 1. The van der Waals surface area contributed by atoms with Crippen molar-refractivity contribution in [3.05, 3.63) is 64.4 Å². The van der Waals surface area contributed by atoms with Gasteiger partial charge >= 0.3 is 0 Å². The molecule has 0 aliphatic rings. The van der Waals surface area contributed by atoms with Crippen molar-refractivity contribution in [3.8, 4) is 5.75 Å². The molecule has 0 saturated carbocycles. The maximum atomic E-state index is 13.3. The predicted molar refractivity (Wildman–Crippen MR) is 81.6 cm³/mol. The maximum Gasteiger partial charge on any atom is 0.276 e. The summed E-state index contributed by atoms with van der Waals surface area (Å²) in [7, 11) is 0. The molecular weight excluding hydrogens is 355 g/mol. The molecule has 0 bridgehead atoms. The van der Waals surface area contributed by atoms with Crippen molar-refractivity contribution >= 4 is 27.7 Å². The van der Waals surface area contributed by atoms with Crippen LogP contribution in [0.3, 0.4) is 0 Å². The van der Waals surface area contributed by atoms with E-state index in [-0.39, 0.29) is 5.75 Å². The van der Waals surface area contributed by atoms with Gasteiger partial charge < -0.3 is 4.74 Å². The summed E-state index contributed by atoms with van der Waals surface area (Å²) in [6, 6.07) is 12.4. The molecule has 2 aromatic rings. The van der Waals surface area contributed by atoms with E-state index < -0.39 is 24.2 Å². The first-order valence-corrected chi connectivity index (χ1v) is 7.07. The molecule has 2 amide bonds. The van der Waals surface area contributed by atoms with Gasteiger partial charge in [-0.25, -0.2) is 4.39 Å². The van der Waals surface area contributed by atoms with Crippen LogP contribution in [-0.2, 0) is 4.79 Å². The van der Waals surface area contributed by atoms with E-state index in [1.54, 1.807) is 30.3 Å². The molecule has 2 rings (SSSR count). The number of nitrogens with one attached hydrogen (secondary N) is 2. The molecule has 0 radical (unpaired) electrons. The van der Waals surface area contributed by atoms with Crippen molar-refractivity contribution in [1.29, 1.82) is 0 Å². The third-order valence-corrected chi connectivity index (χ3v) is 3.09. The SMILES string of the molecule is O=C(COc1ccccc1F)NNC(=O)c1cccc(Br)c1. The predicted octanol–water partition coefficient (Wildman–Crippen LogP) is 2.43. The van der Waals surface area contributed by atoms with E-state index >= 15 is 0 Å². The van der Waals surface area contributed by atoms with E-state index in [0.29, 0.717) is 5.56 Å². The van der Waals surface area contributed by atoms with E-state index in [0.717, 1.165) is 4.47 Å². The molecule has 7 heteroatoms. The van der Waals surface area contributed by atoms with Gasteiger partial charge in [-0.15, -0.1) is 0 Å². The Hall–Kier alpha value is -2.41. The van der Waals surface area contributed by atoms with E-state index in [1.807, 2.05) is 0 Å². The first kappa shape index (κ1) is 16.0. The molecule has 2 aromatic carbocycles. The van der Waals surface area contributed by atoms with Gasteiger partial charge in [0.25, 0.3) is 11.8 Å². The van der Waals surface area contributed by atoms with Gasteiger partial charge in [-0.05, 0) is 30.3 Å². The van der Waals surface area contributed by atoms with Gasteiger partial charge in [0.2, 0.25) is 0 Å². The summed E-state index contributed by atoms with van der Waals surface area (Å²) in [5, 5.41) is 0. The second kappa shape index (κ2) is 7.56. The minimum Gasteiger partial charge on any atom is -0.481 e. The van der Waals surface area contributed by atoms with Crippen LogP contribution in [0.25, 0.3) is 0 Å². The van der Waals surface area contributed by atoms with Crippen LogP contribution < -0.4 is 15.6 Å². The molecule has 0 heterocycles. The summed E-state index contributed by atoms with van der Waals surface area (Å²) in [4.78, 5) is 23.3. The van der Waals surface area contributed by atoms with E-state index in [9.17, 15) is 14.0 Å². The van der Waals surface area contributed by atoms with Gasteiger partial charge in [0, 0.05) is 10.0 Å². The van der Waals surface area contributed by atoms with Gasteiger partial charge in [-0.1, -0.05) is 34.1 Å². The number of carbonyl (C=O) groups is 2. The third-order valence-electron chi connectivity index (χ3n) is 2.60. The molecule has 0 saturated heterocycles. The molecule has 0 spiro atoms. The number of hydrazine groups is 1. The smallest absolute Gasteiger partial charge is 0.276 e. The summed E-state index contributed by atoms with van der Waals surface area (Å²) >= 11 is 3.25. The van der Waals surface area contributed by atoms with E-state index in [4.69, 9.17) is 4.74 Å². The van der Waals surface area contributed by atoms with Crippen LogP contribution in [0.15, 0.2) is 53.0 Å². The van der Waals surface area contributed by atoms with Crippen LogP contribution in [0.1, 0.15) is 10.4 Å². The van der Waals surface area contributed by atoms with Crippen LogP contribution in [-0.4, -0.2) is 18.4 Å². The highest BCUT2D eigenvalue weighted by atomic mass is 79.9. The first-order valence-electron chi connectivity index (χ1n) is 6.28. The lowest BCUT2D eigenvalue weighted by atomic mass is 10.2. The molecule has 0 atom stereocenters. The summed E-state index contributed by atoms with van der Waals surface area (Å²) < 4.78 is 19.0. The van der Waals surface area contributed by atoms with E-state index in [2.05, 4.69) is 26.8 Å². The van der Waals surface area contributed by atoms with Crippen LogP contribution in [0.2, 0.25) is 0 Å². The Morgan fingerprint density at radius 1 is 1.09 bits per heavy atom. The fraction of sp³-hybridized carbons (Fsp3) is 0.0667. The molecule has 5 nitrogen and oxygen atoms in total. The van der Waals surface area contributed by atoms with Crippen LogP contribution >= 0.6 is 15.9 Å². The number of para-hydroxylation sites is 1. The van der Waals surface area contributed by atoms with E-state index in [1.165, 1.54) is 18.2 Å². The maximum absolute atomic E-state index is 13.3. The van der Waals surface area contributed by atoms with Crippen LogP contribution in [0.4, 0.5) is 4.39 Å². The average molecular weight is 367 g/mol. The number of halogens is 2. The topological polar surface area (TPSA) is 67.4 Å². The van der Waals surface area contributed by atoms with Gasteiger partial charge in [-0.2, -0.15) is 0 Å². The van der Waals surface area contributed by atoms with Crippen molar-refractivity contribution in [2.24, 2.45) is 0 Å². The molecule has 0 fully saturated rings. The highest BCUT2D eigenvalue weighted by Gasteiger charge is 2.09. The Bertz CT molecular complexity index is 694.